The number of hydrogen-bond acceptors (Lipinski definition) is 4. The minimum absolute atomic E-state index is 0.636. The Bertz CT molecular complexity index is 554. The van der Waals surface area contributed by atoms with E-state index in [1.54, 1.807) is 6.20 Å². The summed E-state index contributed by atoms with van der Waals surface area (Å²) in [7, 11) is 0. The zero-order chi connectivity index (χ0) is 14.9. The first kappa shape index (κ1) is 15.3. The van der Waals surface area contributed by atoms with Crippen LogP contribution < -0.4 is 10.6 Å². The number of para-hydroxylation sites is 1. The van der Waals surface area contributed by atoms with E-state index in [2.05, 4.69) is 52.6 Å². The monoisotopic (exact) mass is 284 g/mol. The topological polar surface area (TPSA) is 49.8 Å². The minimum atomic E-state index is 0.636. The Balaban J connectivity index is 2.00. The van der Waals surface area contributed by atoms with Gasteiger partial charge in [0.05, 0.1) is 0 Å². The number of nitrogens with one attached hydrogen (secondary N) is 2. The number of nitrogens with zero attached hydrogens (tertiary/aromatic N) is 2. The molecule has 4 heteroatoms. The Labute approximate surface area is 127 Å². The van der Waals surface area contributed by atoms with Gasteiger partial charge in [-0.1, -0.05) is 44.9 Å². The Morgan fingerprint density at radius 1 is 1.05 bits per heavy atom. The van der Waals surface area contributed by atoms with Crippen molar-refractivity contribution in [3.63, 3.8) is 0 Å². The fourth-order valence-corrected chi connectivity index (χ4v) is 2.18. The van der Waals surface area contributed by atoms with E-state index < -0.39 is 0 Å². The lowest BCUT2D eigenvalue weighted by Gasteiger charge is -2.10. The second-order valence-corrected chi connectivity index (χ2v) is 5.04. The van der Waals surface area contributed by atoms with Crippen molar-refractivity contribution in [3.05, 3.63) is 42.1 Å². The maximum Gasteiger partial charge on any atom is 0.229 e. The van der Waals surface area contributed by atoms with Crippen molar-refractivity contribution in [2.24, 2.45) is 0 Å². The fraction of sp³-hybridized carbons (Fsp3) is 0.412. The van der Waals surface area contributed by atoms with Crippen LogP contribution in [0.5, 0.6) is 0 Å². The van der Waals surface area contributed by atoms with Gasteiger partial charge in [-0.2, -0.15) is 4.98 Å². The molecule has 0 amide bonds. The molecule has 1 aromatic heterocycles. The van der Waals surface area contributed by atoms with Gasteiger partial charge in [-0.25, -0.2) is 4.98 Å². The van der Waals surface area contributed by atoms with Crippen LogP contribution in [0.2, 0.25) is 0 Å². The smallest absolute Gasteiger partial charge is 0.229 e. The highest BCUT2D eigenvalue weighted by Crippen LogP contribution is 2.19. The summed E-state index contributed by atoms with van der Waals surface area (Å²) >= 11 is 0. The standard InChI is InChI=1S/C17H24N4/c1-3-5-8-12-18-16-11-13-19-17(21-16)20-15-10-7-6-9-14(15)4-2/h6-7,9-11,13H,3-5,8,12H2,1-2H3,(H2,18,19,20,21). The highest BCUT2D eigenvalue weighted by molar-refractivity contribution is 5.59. The normalized spacial score (nSPS) is 10.4. The van der Waals surface area contributed by atoms with E-state index in [1.165, 1.54) is 24.8 Å². The molecule has 2 aromatic rings. The molecule has 2 N–H and O–H groups in total. The van der Waals surface area contributed by atoms with Gasteiger partial charge in [-0.05, 0) is 30.5 Å². The quantitative estimate of drug-likeness (QED) is 0.706. The van der Waals surface area contributed by atoms with Crippen LogP contribution in [0.15, 0.2) is 36.5 Å². The molecule has 0 bridgehead atoms. The van der Waals surface area contributed by atoms with Crippen molar-refractivity contribution in [1.82, 2.24) is 9.97 Å². The number of unbranched alkanes of at least 4 members (excludes halogenated alkanes) is 2. The molecule has 0 aliphatic heterocycles. The van der Waals surface area contributed by atoms with Crippen molar-refractivity contribution >= 4 is 17.5 Å². The third-order valence-corrected chi connectivity index (χ3v) is 3.39. The molecule has 2 rings (SSSR count). The highest BCUT2D eigenvalue weighted by Gasteiger charge is 2.03. The lowest BCUT2D eigenvalue weighted by Crippen LogP contribution is -2.06. The molecule has 0 spiro atoms. The summed E-state index contributed by atoms with van der Waals surface area (Å²) in [6.07, 6.45) is 6.41. The van der Waals surface area contributed by atoms with E-state index in [9.17, 15) is 0 Å². The largest absolute Gasteiger partial charge is 0.370 e. The zero-order valence-corrected chi connectivity index (χ0v) is 12.9. The maximum absolute atomic E-state index is 4.51. The van der Waals surface area contributed by atoms with Crippen LogP contribution in [0.4, 0.5) is 17.5 Å². The number of aromatic nitrogens is 2. The van der Waals surface area contributed by atoms with E-state index in [1.807, 2.05) is 12.1 Å². The maximum atomic E-state index is 4.51. The van der Waals surface area contributed by atoms with Crippen molar-refractivity contribution in [3.8, 4) is 0 Å². The van der Waals surface area contributed by atoms with Gasteiger partial charge in [0.15, 0.2) is 0 Å². The van der Waals surface area contributed by atoms with Crippen molar-refractivity contribution in [2.45, 2.75) is 39.5 Å². The van der Waals surface area contributed by atoms with E-state index in [-0.39, 0.29) is 0 Å². The van der Waals surface area contributed by atoms with Gasteiger partial charge in [0.25, 0.3) is 0 Å². The molecule has 21 heavy (non-hydrogen) atoms. The van der Waals surface area contributed by atoms with Crippen LogP contribution in [0.25, 0.3) is 0 Å². The van der Waals surface area contributed by atoms with Crippen molar-refractivity contribution < 1.29 is 0 Å². The number of hydrogen-bond donors (Lipinski definition) is 2. The molecule has 0 fully saturated rings. The summed E-state index contributed by atoms with van der Waals surface area (Å²) < 4.78 is 0. The Hall–Kier alpha value is -2.10. The summed E-state index contributed by atoms with van der Waals surface area (Å²) in [4.78, 5) is 8.80. The summed E-state index contributed by atoms with van der Waals surface area (Å²) in [5.74, 6) is 1.51. The molecule has 0 radical (unpaired) electrons. The summed E-state index contributed by atoms with van der Waals surface area (Å²) in [6, 6.07) is 10.2. The van der Waals surface area contributed by atoms with E-state index in [4.69, 9.17) is 0 Å². The summed E-state index contributed by atoms with van der Waals surface area (Å²) in [6.45, 7) is 5.31. The first-order chi connectivity index (χ1) is 10.3. The molecule has 0 aliphatic carbocycles. The van der Waals surface area contributed by atoms with Crippen LogP contribution in [-0.4, -0.2) is 16.5 Å². The molecule has 0 saturated heterocycles. The molecule has 0 saturated carbocycles. The van der Waals surface area contributed by atoms with Gasteiger partial charge in [0, 0.05) is 18.4 Å². The molecule has 4 nitrogen and oxygen atoms in total. The van der Waals surface area contributed by atoms with Crippen LogP contribution >= 0.6 is 0 Å². The van der Waals surface area contributed by atoms with Crippen molar-refractivity contribution in [2.75, 3.05) is 17.2 Å². The number of benzene rings is 1. The average molecular weight is 284 g/mol. The summed E-state index contributed by atoms with van der Waals surface area (Å²) in [5.41, 5.74) is 2.34. The minimum Gasteiger partial charge on any atom is -0.370 e. The van der Waals surface area contributed by atoms with Gasteiger partial charge in [0.2, 0.25) is 5.95 Å². The Morgan fingerprint density at radius 3 is 2.71 bits per heavy atom. The lowest BCUT2D eigenvalue weighted by molar-refractivity contribution is 0.742. The predicted molar refractivity (Wildman–Crippen MR) is 89.1 cm³/mol. The van der Waals surface area contributed by atoms with Gasteiger partial charge < -0.3 is 10.6 Å². The first-order valence-corrected chi connectivity index (χ1v) is 7.75. The molecular weight excluding hydrogens is 260 g/mol. The molecule has 0 atom stereocenters. The molecule has 112 valence electrons. The summed E-state index contributed by atoms with van der Waals surface area (Å²) in [5, 5.41) is 6.65. The highest BCUT2D eigenvalue weighted by atomic mass is 15.1. The van der Waals surface area contributed by atoms with Gasteiger partial charge >= 0.3 is 0 Å². The van der Waals surface area contributed by atoms with Crippen LogP contribution in [0, 0.1) is 0 Å². The number of anilines is 3. The number of rotatable bonds is 8. The molecular formula is C17H24N4. The van der Waals surface area contributed by atoms with E-state index in [0.717, 1.165) is 24.5 Å². The second kappa shape index (κ2) is 8.25. The zero-order valence-electron chi connectivity index (χ0n) is 12.9. The second-order valence-electron chi connectivity index (χ2n) is 5.04. The third kappa shape index (κ3) is 4.74. The van der Waals surface area contributed by atoms with E-state index >= 15 is 0 Å². The van der Waals surface area contributed by atoms with Gasteiger partial charge in [0.1, 0.15) is 5.82 Å². The van der Waals surface area contributed by atoms with Crippen LogP contribution in [0.1, 0.15) is 38.7 Å². The van der Waals surface area contributed by atoms with E-state index in [0.29, 0.717) is 5.95 Å². The van der Waals surface area contributed by atoms with Crippen molar-refractivity contribution in [1.29, 1.82) is 0 Å². The Kier molecular flexibility index (Phi) is 6.00. The van der Waals surface area contributed by atoms with Gasteiger partial charge in [-0.15, -0.1) is 0 Å². The fourth-order valence-electron chi connectivity index (χ4n) is 2.18. The third-order valence-electron chi connectivity index (χ3n) is 3.39. The lowest BCUT2D eigenvalue weighted by atomic mass is 10.1. The molecule has 1 aromatic carbocycles. The molecule has 0 aliphatic rings. The predicted octanol–water partition coefficient (Wildman–Crippen LogP) is 4.38. The van der Waals surface area contributed by atoms with Crippen LogP contribution in [0.3, 0.4) is 0 Å². The molecule has 1 heterocycles. The van der Waals surface area contributed by atoms with Crippen LogP contribution in [-0.2, 0) is 6.42 Å². The SMILES string of the molecule is CCCCCNc1ccnc(Nc2ccccc2CC)n1. The average Bonchev–Trinajstić information content (AvgIpc) is 2.52. The van der Waals surface area contributed by atoms with Gasteiger partial charge in [-0.3, -0.25) is 0 Å². The Morgan fingerprint density at radius 2 is 1.90 bits per heavy atom. The number of aryl methyl sites for hydroxylation is 1. The molecule has 0 unspecified atom stereocenters. The first-order valence-electron chi connectivity index (χ1n) is 7.75.